The van der Waals surface area contributed by atoms with Crippen LogP contribution in [0.25, 0.3) is 22.0 Å². The molecular formula is C27H33Cl2N5O4. The van der Waals surface area contributed by atoms with Gasteiger partial charge in [0.05, 0.1) is 40.1 Å². The van der Waals surface area contributed by atoms with Crippen molar-refractivity contribution in [3.05, 3.63) is 34.2 Å². The minimum absolute atomic E-state index is 0.118. The van der Waals surface area contributed by atoms with Crippen molar-refractivity contribution in [1.82, 2.24) is 19.2 Å². The van der Waals surface area contributed by atoms with E-state index in [2.05, 4.69) is 5.10 Å². The number of benzene rings is 1. The quantitative estimate of drug-likeness (QED) is 0.389. The molecule has 1 aromatic carbocycles. The first-order chi connectivity index (χ1) is 18.0. The summed E-state index contributed by atoms with van der Waals surface area (Å²) in [6, 6.07) is 1.80. The fourth-order valence-corrected chi connectivity index (χ4v) is 5.69. The molecule has 0 radical (unpaired) electrons. The zero-order valence-electron chi connectivity index (χ0n) is 22.4. The Morgan fingerprint density at radius 1 is 1.29 bits per heavy atom. The van der Waals surface area contributed by atoms with Crippen molar-refractivity contribution < 1.29 is 19.1 Å². The summed E-state index contributed by atoms with van der Waals surface area (Å²) >= 11 is 13.5. The van der Waals surface area contributed by atoms with E-state index in [9.17, 15) is 9.59 Å². The third-order valence-corrected chi connectivity index (χ3v) is 7.81. The fourth-order valence-electron chi connectivity index (χ4n) is 5.25. The number of ether oxygens (including phenoxy) is 2. The molecule has 11 heteroatoms. The molecule has 0 N–H and O–H groups in total. The third kappa shape index (κ3) is 4.65. The van der Waals surface area contributed by atoms with Gasteiger partial charge in [0.25, 0.3) is 5.91 Å². The van der Waals surface area contributed by atoms with E-state index in [1.165, 1.54) is 0 Å². The predicted molar refractivity (Wildman–Crippen MR) is 148 cm³/mol. The van der Waals surface area contributed by atoms with E-state index >= 15 is 0 Å². The zero-order chi connectivity index (χ0) is 27.4. The number of carbonyl (C=O) groups excluding carboxylic acids is 2. The Hall–Kier alpha value is -2.75. The standard InChI is InChI=1S/C27H33Cl2N5O4/c1-6-32(26(36)38-27(2,3)4)19-12-18(28)22(29)23-21(19)20(24-25(35)31(5)9-10-33(23)24)16-13-30-34(14-16)17-8-7-11-37-15-17/h12-14,17H,6-11,15H2,1-5H3. The Bertz CT molecular complexity index is 1400. The maximum absolute atomic E-state index is 13.6. The first kappa shape index (κ1) is 26.8. The highest BCUT2D eigenvalue weighted by Gasteiger charge is 2.35. The van der Waals surface area contributed by atoms with Gasteiger partial charge in [0.2, 0.25) is 0 Å². The van der Waals surface area contributed by atoms with Crippen LogP contribution < -0.4 is 4.90 Å². The highest BCUT2D eigenvalue weighted by atomic mass is 35.5. The molecule has 0 spiro atoms. The topological polar surface area (TPSA) is 81.8 Å². The SMILES string of the molecule is CCN(C(=O)OC(C)(C)C)c1cc(Cl)c(Cl)c2c1c(-c1cnn(C3CCCOC3)c1)c1n2CCN(C)C1=O. The summed E-state index contributed by atoms with van der Waals surface area (Å²) in [5, 5.41) is 5.96. The van der Waals surface area contributed by atoms with E-state index in [0.717, 1.165) is 25.0 Å². The average Bonchev–Trinajstić information content (AvgIpc) is 3.48. The van der Waals surface area contributed by atoms with Gasteiger partial charge in [-0.15, -0.1) is 0 Å². The molecule has 1 saturated heterocycles. The highest BCUT2D eigenvalue weighted by Crippen LogP contribution is 2.47. The number of hydrogen-bond acceptors (Lipinski definition) is 5. The molecule has 204 valence electrons. The summed E-state index contributed by atoms with van der Waals surface area (Å²) in [5.74, 6) is -0.130. The molecule has 2 aliphatic rings. The monoisotopic (exact) mass is 561 g/mol. The zero-order valence-corrected chi connectivity index (χ0v) is 23.9. The minimum atomic E-state index is -0.690. The molecule has 1 unspecified atom stereocenters. The molecule has 0 aliphatic carbocycles. The predicted octanol–water partition coefficient (Wildman–Crippen LogP) is 6.01. The minimum Gasteiger partial charge on any atom is -0.443 e. The van der Waals surface area contributed by atoms with Crippen LogP contribution in [0.2, 0.25) is 10.0 Å². The van der Waals surface area contributed by atoms with Crippen LogP contribution >= 0.6 is 23.2 Å². The van der Waals surface area contributed by atoms with E-state index in [-0.39, 0.29) is 11.9 Å². The van der Waals surface area contributed by atoms with Crippen LogP contribution in [0, 0.1) is 0 Å². The lowest BCUT2D eigenvalue weighted by molar-refractivity contribution is 0.0549. The first-order valence-corrected chi connectivity index (χ1v) is 13.7. The number of nitrogens with zero attached hydrogens (tertiary/aromatic N) is 5. The lowest BCUT2D eigenvalue weighted by Crippen LogP contribution is -2.37. The van der Waals surface area contributed by atoms with Crippen LogP contribution in [0.4, 0.5) is 10.5 Å². The van der Waals surface area contributed by atoms with Gasteiger partial charge in [-0.25, -0.2) is 4.79 Å². The number of rotatable bonds is 4. The maximum Gasteiger partial charge on any atom is 0.414 e. The average molecular weight is 562 g/mol. The van der Waals surface area contributed by atoms with E-state index in [0.29, 0.717) is 64.1 Å². The Morgan fingerprint density at radius 2 is 2.05 bits per heavy atom. The number of anilines is 1. The van der Waals surface area contributed by atoms with Crippen molar-refractivity contribution in [3.8, 4) is 11.1 Å². The third-order valence-electron chi connectivity index (χ3n) is 7.03. The number of amides is 2. The van der Waals surface area contributed by atoms with Gasteiger partial charge in [-0.2, -0.15) is 5.10 Å². The van der Waals surface area contributed by atoms with Crippen LogP contribution in [0.1, 0.15) is 57.1 Å². The summed E-state index contributed by atoms with van der Waals surface area (Å²) in [4.78, 5) is 30.2. The summed E-state index contributed by atoms with van der Waals surface area (Å²) in [6.45, 7) is 10.1. The van der Waals surface area contributed by atoms with E-state index < -0.39 is 11.7 Å². The number of fused-ring (bicyclic) bond motifs is 3. The molecule has 2 aliphatic heterocycles. The molecule has 5 rings (SSSR count). The number of halogens is 2. The lowest BCUT2D eigenvalue weighted by Gasteiger charge is -2.27. The van der Waals surface area contributed by atoms with Crippen LogP contribution in [0.3, 0.4) is 0 Å². The van der Waals surface area contributed by atoms with Gasteiger partial charge in [0.15, 0.2) is 0 Å². The van der Waals surface area contributed by atoms with Gasteiger partial charge < -0.3 is 18.9 Å². The molecule has 0 saturated carbocycles. The largest absolute Gasteiger partial charge is 0.443 e. The van der Waals surface area contributed by atoms with Gasteiger partial charge in [-0.3, -0.25) is 14.4 Å². The van der Waals surface area contributed by atoms with Crippen LogP contribution in [-0.4, -0.2) is 70.2 Å². The molecule has 9 nitrogen and oxygen atoms in total. The van der Waals surface area contributed by atoms with Crippen LogP contribution in [-0.2, 0) is 16.0 Å². The number of aromatic nitrogens is 3. The maximum atomic E-state index is 13.6. The van der Waals surface area contributed by atoms with Crippen molar-refractivity contribution >= 4 is 51.8 Å². The van der Waals surface area contributed by atoms with Crippen molar-refractivity contribution in [3.63, 3.8) is 0 Å². The van der Waals surface area contributed by atoms with Crippen molar-refractivity contribution in [2.24, 2.45) is 0 Å². The normalized spacial score (nSPS) is 18.1. The number of likely N-dealkylation sites (N-methyl/N-ethyl adjacent to an activating group) is 1. The fraction of sp³-hybridized carbons (Fsp3) is 0.519. The first-order valence-electron chi connectivity index (χ1n) is 12.9. The summed E-state index contributed by atoms with van der Waals surface area (Å²) in [6.07, 6.45) is 5.14. The molecule has 1 fully saturated rings. The van der Waals surface area contributed by atoms with Gasteiger partial charge in [-0.05, 0) is 46.6 Å². The van der Waals surface area contributed by atoms with E-state index in [1.54, 1.807) is 29.1 Å². The second-order valence-corrected chi connectivity index (χ2v) is 11.6. The van der Waals surface area contributed by atoms with Crippen LogP contribution in [0.5, 0.6) is 0 Å². The Labute approximate surface area is 232 Å². The molecule has 0 bridgehead atoms. The molecular weight excluding hydrogens is 529 g/mol. The molecule has 2 aromatic heterocycles. The summed E-state index contributed by atoms with van der Waals surface area (Å²) in [7, 11) is 1.78. The smallest absolute Gasteiger partial charge is 0.414 e. The number of hydrogen-bond donors (Lipinski definition) is 0. The van der Waals surface area contributed by atoms with E-state index in [1.807, 2.05) is 43.1 Å². The van der Waals surface area contributed by atoms with E-state index in [4.69, 9.17) is 32.7 Å². The van der Waals surface area contributed by atoms with Gasteiger partial charge in [0, 0.05) is 56.0 Å². The molecule has 2 amide bonds. The van der Waals surface area contributed by atoms with Crippen molar-refractivity contribution in [2.75, 3.05) is 38.3 Å². The second-order valence-electron chi connectivity index (χ2n) is 10.8. The molecule has 38 heavy (non-hydrogen) atoms. The molecule has 4 heterocycles. The number of carbonyl (C=O) groups is 2. The van der Waals surface area contributed by atoms with Gasteiger partial charge in [0.1, 0.15) is 11.3 Å². The van der Waals surface area contributed by atoms with Crippen LogP contribution in [0.15, 0.2) is 18.5 Å². The second kappa shape index (κ2) is 10.1. The van der Waals surface area contributed by atoms with Gasteiger partial charge in [-0.1, -0.05) is 23.2 Å². The molecule has 3 aromatic rings. The highest BCUT2D eigenvalue weighted by molar-refractivity contribution is 6.46. The summed E-state index contributed by atoms with van der Waals surface area (Å²) < 4.78 is 15.2. The van der Waals surface area contributed by atoms with Crippen molar-refractivity contribution in [1.29, 1.82) is 0 Å². The van der Waals surface area contributed by atoms with Gasteiger partial charge >= 0.3 is 6.09 Å². The van der Waals surface area contributed by atoms with Crippen molar-refractivity contribution in [2.45, 2.75) is 58.7 Å². The Kier molecular flexibility index (Phi) is 7.13. The Morgan fingerprint density at radius 3 is 2.71 bits per heavy atom. The Balaban J connectivity index is 1.79. The molecule has 1 atom stereocenters. The summed E-state index contributed by atoms with van der Waals surface area (Å²) in [5.41, 5.74) is 2.40. The lowest BCUT2D eigenvalue weighted by atomic mass is 10.0.